The fourth-order valence-electron chi connectivity index (χ4n) is 1.72. The molecule has 0 aliphatic rings. The Labute approximate surface area is 124 Å². The lowest BCUT2D eigenvalue weighted by molar-refractivity contribution is -0.138. The topological polar surface area (TPSA) is 91.3 Å². The maximum absolute atomic E-state index is 11.6. The lowest BCUT2D eigenvalue weighted by atomic mass is 10.0. The fourth-order valence-corrected chi connectivity index (χ4v) is 1.72. The van der Waals surface area contributed by atoms with Crippen molar-refractivity contribution in [2.24, 2.45) is 5.92 Å². The molecule has 0 bridgehead atoms. The zero-order valence-corrected chi connectivity index (χ0v) is 12.1. The molecule has 0 saturated heterocycles. The number of amides is 1. The molecule has 1 rings (SSSR count). The highest BCUT2D eigenvalue weighted by Crippen LogP contribution is 2.12. The molecule has 1 aromatic heterocycles. The second-order valence-electron chi connectivity index (χ2n) is 4.98. The second-order valence-corrected chi connectivity index (χ2v) is 4.98. The van der Waals surface area contributed by atoms with Gasteiger partial charge in [-0.2, -0.15) is 0 Å². The molecule has 1 heterocycles. The fraction of sp³-hybridized carbons (Fsp3) is 0.400. The van der Waals surface area contributed by atoms with Crippen LogP contribution in [-0.2, 0) is 4.79 Å². The standard InChI is InChI=1S/C15H19N3O3/c1-4-7-16-14(19)11-5-6-13(17-9-11)18-12(15(20)21)8-10(2)3/h1,5-6,9-10,12H,7-8H2,2-3H3,(H,16,19)(H,17,18)(H,20,21)/t12-/m1/s1. The summed E-state index contributed by atoms with van der Waals surface area (Å²) in [5.41, 5.74) is 0.367. The summed E-state index contributed by atoms with van der Waals surface area (Å²) in [4.78, 5) is 26.8. The van der Waals surface area contributed by atoms with Gasteiger partial charge in [0.2, 0.25) is 0 Å². The van der Waals surface area contributed by atoms with E-state index in [9.17, 15) is 9.59 Å². The molecule has 3 N–H and O–H groups in total. The van der Waals surface area contributed by atoms with Gasteiger partial charge in [0, 0.05) is 6.20 Å². The molecule has 21 heavy (non-hydrogen) atoms. The number of anilines is 1. The van der Waals surface area contributed by atoms with E-state index in [0.29, 0.717) is 17.8 Å². The Kier molecular flexibility index (Phi) is 6.21. The first-order chi connectivity index (χ1) is 9.93. The molecular formula is C15H19N3O3. The van der Waals surface area contributed by atoms with Gasteiger partial charge >= 0.3 is 5.97 Å². The van der Waals surface area contributed by atoms with Crippen LogP contribution in [0.1, 0.15) is 30.6 Å². The predicted molar refractivity (Wildman–Crippen MR) is 79.9 cm³/mol. The number of pyridine rings is 1. The molecule has 0 saturated carbocycles. The largest absolute Gasteiger partial charge is 0.480 e. The smallest absolute Gasteiger partial charge is 0.326 e. The summed E-state index contributed by atoms with van der Waals surface area (Å²) in [5, 5.41) is 14.5. The van der Waals surface area contributed by atoms with Gasteiger partial charge in [0.15, 0.2) is 0 Å². The van der Waals surface area contributed by atoms with Crippen LogP contribution >= 0.6 is 0 Å². The molecule has 0 aliphatic heterocycles. The van der Waals surface area contributed by atoms with Gasteiger partial charge in [0.1, 0.15) is 11.9 Å². The van der Waals surface area contributed by atoms with Gasteiger partial charge in [0.05, 0.1) is 12.1 Å². The number of hydrogen-bond acceptors (Lipinski definition) is 4. The summed E-state index contributed by atoms with van der Waals surface area (Å²) in [6.07, 6.45) is 6.92. The van der Waals surface area contributed by atoms with Crippen LogP contribution in [0.5, 0.6) is 0 Å². The Morgan fingerprint density at radius 1 is 1.43 bits per heavy atom. The highest BCUT2D eigenvalue weighted by atomic mass is 16.4. The van der Waals surface area contributed by atoms with E-state index in [-0.39, 0.29) is 18.4 Å². The normalized spacial score (nSPS) is 11.5. The third kappa shape index (κ3) is 5.53. The lowest BCUT2D eigenvalue weighted by Gasteiger charge is -2.17. The quantitative estimate of drug-likeness (QED) is 0.659. The summed E-state index contributed by atoms with van der Waals surface area (Å²) in [6, 6.07) is 2.43. The summed E-state index contributed by atoms with van der Waals surface area (Å²) >= 11 is 0. The maximum Gasteiger partial charge on any atom is 0.326 e. The minimum atomic E-state index is -0.929. The molecule has 0 aromatic carbocycles. The van der Waals surface area contributed by atoms with E-state index in [0.717, 1.165) is 0 Å². The minimum absolute atomic E-state index is 0.147. The SMILES string of the molecule is C#CCNC(=O)c1ccc(N[C@H](CC(C)C)C(=O)O)nc1. The Balaban J connectivity index is 2.71. The van der Waals surface area contributed by atoms with Crippen LogP contribution in [0, 0.1) is 18.3 Å². The first-order valence-corrected chi connectivity index (χ1v) is 6.61. The number of terminal acetylenes is 1. The lowest BCUT2D eigenvalue weighted by Crippen LogP contribution is -2.31. The van der Waals surface area contributed by atoms with Crippen LogP contribution in [0.3, 0.4) is 0 Å². The van der Waals surface area contributed by atoms with E-state index in [2.05, 4.69) is 21.5 Å². The molecule has 0 spiro atoms. The van der Waals surface area contributed by atoms with Crippen molar-refractivity contribution in [1.29, 1.82) is 0 Å². The van der Waals surface area contributed by atoms with Crippen molar-refractivity contribution in [3.05, 3.63) is 23.9 Å². The molecule has 0 fully saturated rings. The molecule has 6 heteroatoms. The number of carboxylic acid groups (broad SMARTS) is 1. The van der Waals surface area contributed by atoms with Crippen LogP contribution in [0.4, 0.5) is 5.82 Å². The average molecular weight is 289 g/mol. The van der Waals surface area contributed by atoms with Crippen molar-refractivity contribution in [3.8, 4) is 12.3 Å². The van der Waals surface area contributed by atoms with Gasteiger partial charge in [-0.05, 0) is 24.5 Å². The van der Waals surface area contributed by atoms with E-state index in [1.54, 1.807) is 12.1 Å². The molecule has 0 radical (unpaired) electrons. The van der Waals surface area contributed by atoms with Crippen molar-refractivity contribution in [1.82, 2.24) is 10.3 Å². The highest BCUT2D eigenvalue weighted by Gasteiger charge is 2.19. The number of carbonyl (C=O) groups is 2. The minimum Gasteiger partial charge on any atom is -0.480 e. The van der Waals surface area contributed by atoms with E-state index >= 15 is 0 Å². The van der Waals surface area contributed by atoms with Crippen LogP contribution in [0.2, 0.25) is 0 Å². The van der Waals surface area contributed by atoms with Crippen LogP contribution < -0.4 is 10.6 Å². The molecule has 1 amide bonds. The number of aliphatic carboxylic acids is 1. The van der Waals surface area contributed by atoms with E-state index in [4.69, 9.17) is 11.5 Å². The zero-order chi connectivity index (χ0) is 15.8. The van der Waals surface area contributed by atoms with Crippen molar-refractivity contribution >= 4 is 17.7 Å². The number of carboxylic acids is 1. The maximum atomic E-state index is 11.6. The van der Waals surface area contributed by atoms with Gasteiger partial charge in [0.25, 0.3) is 5.91 Å². The average Bonchev–Trinajstić information content (AvgIpc) is 2.44. The van der Waals surface area contributed by atoms with Gasteiger partial charge in [-0.3, -0.25) is 4.79 Å². The Hall–Kier alpha value is -2.55. The molecule has 0 unspecified atom stereocenters. The molecule has 1 aromatic rings. The molecule has 0 aliphatic carbocycles. The number of nitrogens with zero attached hydrogens (tertiary/aromatic N) is 1. The van der Waals surface area contributed by atoms with Crippen molar-refractivity contribution in [2.45, 2.75) is 26.3 Å². The molecule has 1 atom stereocenters. The Morgan fingerprint density at radius 3 is 2.62 bits per heavy atom. The van der Waals surface area contributed by atoms with Crippen LogP contribution in [0.25, 0.3) is 0 Å². The van der Waals surface area contributed by atoms with Gasteiger partial charge < -0.3 is 15.7 Å². The third-order valence-electron chi connectivity index (χ3n) is 2.70. The summed E-state index contributed by atoms with van der Waals surface area (Å²) < 4.78 is 0. The summed E-state index contributed by atoms with van der Waals surface area (Å²) in [7, 11) is 0. The van der Waals surface area contributed by atoms with Crippen LogP contribution in [-0.4, -0.2) is 34.6 Å². The van der Waals surface area contributed by atoms with E-state index in [1.165, 1.54) is 6.20 Å². The molecule has 6 nitrogen and oxygen atoms in total. The number of hydrogen-bond donors (Lipinski definition) is 3. The third-order valence-corrected chi connectivity index (χ3v) is 2.70. The number of rotatable bonds is 7. The summed E-state index contributed by atoms with van der Waals surface area (Å²) in [6.45, 7) is 4.04. The van der Waals surface area contributed by atoms with Gasteiger partial charge in [-0.25, -0.2) is 9.78 Å². The predicted octanol–water partition coefficient (Wildman–Crippen LogP) is 1.36. The highest BCUT2D eigenvalue weighted by molar-refractivity contribution is 5.94. The first-order valence-electron chi connectivity index (χ1n) is 6.61. The number of carbonyl (C=O) groups excluding carboxylic acids is 1. The van der Waals surface area contributed by atoms with Crippen molar-refractivity contribution in [3.63, 3.8) is 0 Å². The van der Waals surface area contributed by atoms with E-state index in [1.807, 2.05) is 13.8 Å². The molecular weight excluding hydrogens is 270 g/mol. The van der Waals surface area contributed by atoms with Crippen molar-refractivity contribution in [2.75, 3.05) is 11.9 Å². The number of aromatic nitrogens is 1. The number of nitrogens with one attached hydrogen (secondary N) is 2. The van der Waals surface area contributed by atoms with Gasteiger partial charge in [-0.1, -0.05) is 19.8 Å². The van der Waals surface area contributed by atoms with E-state index < -0.39 is 12.0 Å². The Bertz CT molecular complexity index is 532. The zero-order valence-electron chi connectivity index (χ0n) is 12.1. The Morgan fingerprint density at radius 2 is 2.14 bits per heavy atom. The van der Waals surface area contributed by atoms with Crippen molar-refractivity contribution < 1.29 is 14.7 Å². The van der Waals surface area contributed by atoms with Gasteiger partial charge in [-0.15, -0.1) is 6.42 Å². The van der Waals surface area contributed by atoms with Crippen LogP contribution in [0.15, 0.2) is 18.3 Å². The first kappa shape index (κ1) is 16.5. The second kappa shape index (κ2) is 7.90. The monoisotopic (exact) mass is 289 g/mol. The summed E-state index contributed by atoms with van der Waals surface area (Å²) in [5.74, 6) is 1.72. The molecule has 112 valence electrons.